The molecule has 0 radical (unpaired) electrons. The van der Waals surface area contributed by atoms with E-state index in [1.807, 2.05) is 31.2 Å². The van der Waals surface area contributed by atoms with Crippen LogP contribution < -0.4 is 5.32 Å². The van der Waals surface area contributed by atoms with Crippen LogP contribution in [0.5, 0.6) is 0 Å². The summed E-state index contributed by atoms with van der Waals surface area (Å²) < 4.78 is 14.7. The molecule has 0 saturated heterocycles. The van der Waals surface area contributed by atoms with E-state index >= 15 is 0 Å². The van der Waals surface area contributed by atoms with Crippen LogP contribution >= 0.6 is 27.5 Å². The van der Waals surface area contributed by atoms with E-state index < -0.39 is 0 Å². The molecule has 1 N–H and O–H groups in total. The zero-order chi connectivity index (χ0) is 13.1. The minimum atomic E-state index is -0.343. The monoisotopic (exact) mass is 327 g/mol. The molecule has 0 aromatic heterocycles. The van der Waals surface area contributed by atoms with Crippen molar-refractivity contribution in [3.8, 4) is 0 Å². The lowest BCUT2D eigenvalue weighted by molar-refractivity contribution is 0.627. The highest BCUT2D eigenvalue weighted by atomic mass is 79.9. The molecule has 18 heavy (non-hydrogen) atoms. The van der Waals surface area contributed by atoms with Crippen molar-refractivity contribution in [3.63, 3.8) is 0 Å². The quantitative estimate of drug-likeness (QED) is 0.794. The summed E-state index contributed by atoms with van der Waals surface area (Å²) in [7, 11) is 0. The van der Waals surface area contributed by atoms with Crippen molar-refractivity contribution in [2.24, 2.45) is 0 Å². The Morgan fingerprint density at radius 1 is 1.22 bits per heavy atom. The summed E-state index contributed by atoms with van der Waals surface area (Å²) >= 11 is 9.14. The topological polar surface area (TPSA) is 12.0 Å². The second-order valence-corrected chi connectivity index (χ2v) is 5.40. The average Bonchev–Trinajstić information content (AvgIpc) is 2.32. The Morgan fingerprint density at radius 3 is 2.67 bits per heavy atom. The van der Waals surface area contributed by atoms with Gasteiger partial charge in [0.05, 0.1) is 5.69 Å². The van der Waals surface area contributed by atoms with E-state index in [0.29, 0.717) is 10.7 Å². The number of benzene rings is 2. The highest BCUT2D eigenvalue weighted by Crippen LogP contribution is 2.25. The highest BCUT2D eigenvalue weighted by Gasteiger charge is 2.09. The molecule has 0 heterocycles. The standard InChI is InChI=1S/C14H12BrClFN/c1-9(10-3-2-4-11(15)7-10)18-14-6-5-12(16)8-13(14)17/h2-9,18H,1H3. The maximum atomic E-state index is 13.6. The van der Waals surface area contributed by atoms with Gasteiger partial charge in [0, 0.05) is 15.5 Å². The Labute approximate surface area is 119 Å². The van der Waals surface area contributed by atoms with E-state index in [1.54, 1.807) is 12.1 Å². The summed E-state index contributed by atoms with van der Waals surface area (Å²) in [5.41, 5.74) is 1.53. The van der Waals surface area contributed by atoms with Gasteiger partial charge >= 0.3 is 0 Å². The van der Waals surface area contributed by atoms with Gasteiger partial charge in [0.25, 0.3) is 0 Å². The summed E-state index contributed by atoms with van der Waals surface area (Å²) in [6.45, 7) is 1.98. The summed E-state index contributed by atoms with van der Waals surface area (Å²) in [5.74, 6) is -0.343. The molecule has 0 bridgehead atoms. The van der Waals surface area contributed by atoms with Crippen LogP contribution in [0.4, 0.5) is 10.1 Å². The maximum absolute atomic E-state index is 13.6. The van der Waals surface area contributed by atoms with Crippen LogP contribution in [0.1, 0.15) is 18.5 Å². The lowest BCUT2D eigenvalue weighted by atomic mass is 10.1. The molecule has 2 aromatic carbocycles. The summed E-state index contributed by atoms with van der Waals surface area (Å²) in [6.07, 6.45) is 0. The van der Waals surface area contributed by atoms with Crippen molar-refractivity contribution in [3.05, 3.63) is 63.3 Å². The highest BCUT2D eigenvalue weighted by molar-refractivity contribution is 9.10. The molecule has 94 valence electrons. The molecule has 2 aromatic rings. The van der Waals surface area contributed by atoms with E-state index in [9.17, 15) is 4.39 Å². The first-order chi connectivity index (χ1) is 8.56. The van der Waals surface area contributed by atoms with Crippen LogP contribution in [0.15, 0.2) is 46.9 Å². The largest absolute Gasteiger partial charge is 0.376 e. The molecule has 0 saturated carbocycles. The molecule has 0 spiro atoms. The van der Waals surface area contributed by atoms with Gasteiger partial charge in [0.2, 0.25) is 0 Å². The number of halogens is 3. The van der Waals surface area contributed by atoms with Crippen LogP contribution in [-0.4, -0.2) is 0 Å². The molecule has 1 atom stereocenters. The summed E-state index contributed by atoms with van der Waals surface area (Å²) in [4.78, 5) is 0. The fraction of sp³-hybridized carbons (Fsp3) is 0.143. The van der Waals surface area contributed by atoms with Gasteiger partial charge in [-0.1, -0.05) is 39.7 Å². The normalized spacial score (nSPS) is 12.2. The van der Waals surface area contributed by atoms with Gasteiger partial charge in [-0.2, -0.15) is 0 Å². The van der Waals surface area contributed by atoms with Crippen molar-refractivity contribution in [1.29, 1.82) is 0 Å². The first kappa shape index (κ1) is 13.4. The van der Waals surface area contributed by atoms with E-state index in [1.165, 1.54) is 6.07 Å². The smallest absolute Gasteiger partial charge is 0.147 e. The predicted octanol–water partition coefficient (Wildman–Crippen LogP) is 5.41. The minimum absolute atomic E-state index is 0.0122. The minimum Gasteiger partial charge on any atom is -0.376 e. The lowest BCUT2D eigenvalue weighted by Crippen LogP contribution is -2.07. The molecule has 2 rings (SSSR count). The number of hydrogen-bond donors (Lipinski definition) is 1. The number of rotatable bonds is 3. The Bertz CT molecular complexity index is 559. The van der Waals surface area contributed by atoms with Gasteiger partial charge in [0.15, 0.2) is 0 Å². The Morgan fingerprint density at radius 2 is 2.00 bits per heavy atom. The Kier molecular flexibility index (Phi) is 4.25. The molecule has 0 aliphatic rings. The fourth-order valence-corrected chi connectivity index (χ4v) is 2.27. The van der Waals surface area contributed by atoms with Crippen LogP contribution in [0.2, 0.25) is 5.02 Å². The van der Waals surface area contributed by atoms with Gasteiger partial charge in [-0.3, -0.25) is 0 Å². The third-order valence-corrected chi connectivity index (χ3v) is 3.38. The second-order valence-electron chi connectivity index (χ2n) is 4.05. The zero-order valence-corrected chi connectivity index (χ0v) is 12.1. The van der Waals surface area contributed by atoms with Gasteiger partial charge in [0.1, 0.15) is 5.82 Å². The molecule has 1 nitrogen and oxygen atoms in total. The molecular formula is C14H12BrClFN. The van der Waals surface area contributed by atoms with E-state index in [2.05, 4.69) is 21.2 Å². The van der Waals surface area contributed by atoms with Crippen LogP contribution in [-0.2, 0) is 0 Å². The van der Waals surface area contributed by atoms with Gasteiger partial charge in [-0.05, 0) is 42.8 Å². The first-order valence-corrected chi connectivity index (χ1v) is 6.70. The first-order valence-electron chi connectivity index (χ1n) is 5.53. The van der Waals surface area contributed by atoms with E-state index in [4.69, 9.17) is 11.6 Å². The molecule has 4 heteroatoms. The molecule has 0 aliphatic heterocycles. The van der Waals surface area contributed by atoms with Crippen molar-refractivity contribution in [1.82, 2.24) is 0 Å². The second kappa shape index (κ2) is 5.72. The molecular weight excluding hydrogens is 317 g/mol. The predicted molar refractivity (Wildman–Crippen MR) is 77.6 cm³/mol. The fourth-order valence-electron chi connectivity index (χ4n) is 1.70. The van der Waals surface area contributed by atoms with Gasteiger partial charge in [-0.25, -0.2) is 4.39 Å². The number of anilines is 1. The van der Waals surface area contributed by atoms with Crippen LogP contribution in [0.25, 0.3) is 0 Å². The number of nitrogens with one attached hydrogen (secondary N) is 1. The third kappa shape index (κ3) is 3.24. The number of hydrogen-bond acceptors (Lipinski definition) is 1. The van der Waals surface area contributed by atoms with Gasteiger partial charge < -0.3 is 5.32 Å². The van der Waals surface area contributed by atoms with Crippen LogP contribution in [0.3, 0.4) is 0 Å². The SMILES string of the molecule is CC(Nc1ccc(Cl)cc1F)c1cccc(Br)c1. The van der Waals surface area contributed by atoms with E-state index in [0.717, 1.165) is 10.0 Å². The third-order valence-electron chi connectivity index (χ3n) is 2.65. The lowest BCUT2D eigenvalue weighted by Gasteiger charge is -2.16. The summed E-state index contributed by atoms with van der Waals surface area (Å²) in [6, 6.07) is 12.5. The van der Waals surface area contributed by atoms with Crippen molar-refractivity contribution >= 4 is 33.2 Å². The molecule has 0 fully saturated rings. The van der Waals surface area contributed by atoms with E-state index in [-0.39, 0.29) is 11.9 Å². The van der Waals surface area contributed by atoms with Gasteiger partial charge in [-0.15, -0.1) is 0 Å². The molecule has 0 aliphatic carbocycles. The Balaban J connectivity index is 2.18. The zero-order valence-electron chi connectivity index (χ0n) is 9.75. The molecule has 0 amide bonds. The Hall–Kier alpha value is -1.06. The van der Waals surface area contributed by atoms with Crippen molar-refractivity contribution < 1.29 is 4.39 Å². The average molecular weight is 329 g/mol. The molecule has 1 unspecified atom stereocenters. The van der Waals surface area contributed by atoms with Crippen molar-refractivity contribution in [2.75, 3.05) is 5.32 Å². The van der Waals surface area contributed by atoms with Crippen LogP contribution in [0, 0.1) is 5.82 Å². The summed E-state index contributed by atoms with van der Waals surface area (Å²) in [5, 5.41) is 3.52. The van der Waals surface area contributed by atoms with Crippen molar-refractivity contribution in [2.45, 2.75) is 13.0 Å². The maximum Gasteiger partial charge on any atom is 0.147 e.